The molecule has 0 atom stereocenters. The van der Waals surface area contributed by atoms with E-state index in [4.69, 9.17) is 11.6 Å². The molecule has 120 valence electrons. The zero-order chi connectivity index (χ0) is 17.1. The number of benzene rings is 2. The number of nitrogens with one attached hydrogen (secondary N) is 1. The smallest absolute Gasteiger partial charge is 0.275 e. The van der Waals surface area contributed by atoms with Gasteiger partial charge in [0.2, 0.25) is 0 Å². The van der Waals surface area contributed by atoms with Gasteiger partial charge in [-0.3, -0.25) is 4.79 Å². The van der Waals surface area contributed by atoms with Crippen molar-refractivity contribution in [3.8, 4) is 23.0 Å². The van der Waals surface area contributed by atoms with Crippen LogP contribution in [-0.4, -0.2) is 32.5 Å². The highest BCUT2D eigenvalue weighted by molar-refractivity contribution is 9.10. The molecule has 0 aromatic heterocycles. The van der Waals surface area contributed by atoms with Crippen LogP contribution in [0, 0.1) is 0 Å². The van der Waals surface area contributed by atoms with Gasteiger partial charge in [0.1, 0.15) is 11.5 Å². The van der Waals surface area contributed by atoms with Gasteiger partial charge in [-0.05, 0) is 28.1 Å². The zero-order valence-corrected chi connectivity index (χ0v) is 13.6. The van der Waals surface area contributed by atoms with Crippen LogP contribution >= 0.6 is 27.5 Å². The highest BCUT2D eigenvalue weighted by Crippen LogP contribution is 2.32. The summed E-state index contributed by atoms with van der Waals surface area (Å²) in [7, 11) is 0. The molecule has 7 nitrogen and oxygen atoms in total. The minimum atomic E-state index is -0.824. The fraction of sp³-hybridized carbons (Fsp3) is 0. The summed E-state index contributed by atoms with van der Waals surface area (Å²) in [5.41, 5.74) is 2.08. The molecule has 2 rings (SSSR count). The Hall–Kier alpha value is -2.45. The summed E-state index contributed by atoms with van der Waals surface area (Å²) in [4.78, 5) is 11.9. The summed E-state index contributed by atoms with van der Waals surface area (Å²) < 4.78 is 0.360. The molecule has 23 heavy (non-hydrogen) atoms. The minimum absolute atomic E-state index is 0.113. The first-order valence-electron chi connectivity index (χ1n) is 6.06. The third-order valence-electron chi connectivity index (χ3n) is 2.76. The van der Waals surface area contributed by atoms with E-state index in [-0.39, 0.29) is 16.9 Å². The van der Waals surface area contributed by atoms with E-state index in [1.807, 2.05) is 0 Å². The Morgan fingerprint density at radius 1 is 1.09 bits per heavy atom. The number of halogens is 2. The van der Waals surface area contributed by atoms with Crippen LogP contribution in [0.5, 0.6) is 23.0 Å². The topological polar surface area (TPSA) is 122 Å². The molecule has 0 spiro atoms. The quantitative estimate of drug-likeness (QED) is 0.234. The van der Waals surface area contributed by atoms with Gasteiger partial charge >= 0.3 is 0 Å². The molecular weight excluding hydrogens is 392 g/mol. The lowest BCUT2D eigenvalue weighted by molar-refractivity contribution is 0.0952. The first-order chi connectivity index (χ1) is 10.8. The van der Waals surface area contributed by atoms with Crippen molar-refractivity contribution in [1.29, 1.82) is 0 Å². The fourth-order valence-corrected chi connectivity index (χ4v) is 2.49. The number of rotatable bonds is 3. The zero-order valence-electron chi connectivity index (χ0n) is 11.3. The van der Waals surface area contributed by atoms with E-state index in [2.05, 4.69) is 26.5 Å². The van der Waals surface area contributed by atoms with Crippen LogP contribution in [0.3, 0.4) is 0 Å². The number of amides is 1. The largest absolute Gasteiger partial charge is 0.507 e. The number of phenols is 4. The van der Waals surface area contributed by atoms with Crippen molar-refractivity contribution >= 4 is 39.7 Å². The van der Waals surface area contributed by atoms with Gasteiger partial charge in [-0.1, -0.05) is 11.6 Å². The molecule has 2 aromatic rings. The Balaban J connectivity index is 2.18. The van der Waals surface area contributed by atoms with Crippen molar-refractivity contribution in [2.24, 2.45) is 5.10 Å². The number of hydrogen-bond donors (Lipinski definition) is 5. The van der Waals surface area contributed by atoms with E-state index in [0.717, 1.165) is 18.3 Å². The van der Waals surface area contributed by atoms with Gasteiger partial charge in [-0.25, -0.2) is 5.43 Å². The highest BCUT2D eigenvalue weighted by atomic mass is 79.9. The molecule has 0 saturated heterocycles. The molecule has 0 aliphatic carbocycles. The third-order valence-corrected chi connectivity index (χ3v) is 3.59. The van der Waals surface area contributed by atoms with Gasteiger partial charge in [0, 0.05) is 22.7 Å². The van der Waals surface area contributed by atoms with E-state index in [1.165, 1.54) is 12.1 Å². The third kappa shape index (κ3) is 3.85. The summed E-state index contributed by atoms with van der Waals surface area (Å²) in [5.74, 6) is -2.59. The van der Waals surface area contributed by atoms with Crippen LogP contribution in [-0.2, 0) is 0 Å². The van der Waals surface area contributed by atoms with Gasteiger partial charge in [-0.15, -0.1) is 0 Å². The molecule has 0 bridgehead atoms. The van der Waals surface area contributed by atoms with Crippen LogP contribution in [0.2, 0.25) is 5.02 Å². The van der Waals surface area contributed by atoms with Gasteiger partial charge in [0.15, 0.2) is 11.5 Å². The molecule has 0 saturated carbocycles. The number of carbonyl (C=O) groups excluding carboxylic acids is 1. The average Bonchev–Trinajstić information content (AvgIpc) is 2.47. The molecule has 0 unspecified atom stereocenters. The molecule has 0 aliphatic heterocycles. The van der Waals surface area contributed by atoms with Crippen molar-refractivity contribution in [3.63, 3.8) is 0 Å². The van der Waals surface area contributed by atoms with E-state index in [9.17, 15) is 25.2 Å². The minimum Gasteiger partial charge on any atom is -0.507 e. The van der Waals surface area contributed by atoms with Crippen molar-refractivity contribution in [2.45, 2.75) is 0 Å². The normalized spacial score (nSPS) is 10.9. The maximum absolute atomic E-state index is 11.9. The Kier molecular flexibility index (Phi) is 4.97. The Bertz CT molecular complexity index is 810. The number of aromatic hydroxyl groups is 4. The summed E-state index contributed by atoms with van der Waals surface area (Å²) in [6.45, 7) is 0. The van der Waals surface area contributed by atoms with E-state index < -0.39 is 23.2 Å². The van der Waals surface area contributed by atoms with Gasteiger partial charge < -0.3 is 20.4 Å². The molecule has 9 heteroatoms. The molecule has 0 heterocycles. The number of hydrogen-bond acceptors (Lipinski definition) is 6. The van der Waals surface area contributed by atoms with Crippen LogP contribution in [0.1, 0.15) is 15.9 Å². The molecule has 0 radical (unpaired) electrons. The lowest BCUT2D eigenvalue weighted by Gasteiger charge is -2.06. The number of carbonyl (C=O) groups is 1. The van der Waals surface area contributed by atoms with Gasteiger partial charge in [0.05, 0.1) is 16.3 Å². The monoisotopic (exact) mass is 400 g/mol. The summed E-state index contributed by atoms with van der Waals surface area (Å²) in [5, 5.41) is 41.9. The average molecular weight is 402 g/mol. The molecular formula is C14H10BrClN2O5. The number of nitrogens with zero attached hydrogens (tertiary/aromatic N) is 1. The van der Waals surface area contributed by atoms with Crippen LogP contribution < -0.4 is 5.43 Å². The first-order valence-corrected chi connectivity index (χ1v) is 7.23. The SMILES string of the molecule is O=C(NN=Cc1cc(Cl)cc(Br)c1O)c1cc(O)c(O)cc1O. The number of hydrazone groups is 1. The Morgan fingerprint density at radius 2 is 1.74 bits per heavy atom. The van der Waals surface area contributed by atoms with E-state index >= 15 is 0 Å². The maximum atomic E-state index is 11.9. The molecule has 0 fully saturated rings. The second-order valence-electron chi connectivity index (χ2n) is 4.38. The summed E-state index contributed by atoms with van der Waals surface area (Å²) in [6, 6.07) is 4.64. The second-order valence-corrected chi connectivity index (χ2v) is 5.67. The van der Waals surface area contributed by atoms with Gasteiger partial charge in [0.25, 0.3) is 5.91 Å². The maximum Gasteiger partial charge on any atom is 0.275 e. The lowest BCUT2D eigenvalue weighted by Crippen LogP contribution is -2.17. The predicted octanol–water partition coefficient (Wildman–Crippen LogP) is 2.69. The summed E-state index contributed by atoms with van der Waals surface area (Å²) in [6.07, 6.45) is 1.15. The standard InChI is InChI=1S/C14H10BrClN2O5/c15-9-2-7(16)1-6(13(9)22)5-17-18-14(23)8-3-11(20)12(21)4-10(8)19/h1-5,19-22H,(H,18,23). The molecule has 0 aliphatic rings. The molecule has 1 amide bonds. The number of phenolic OH excluding ortho intramolecular Hbond substituents is 4. The predicted molar refractivity (Wildman–Crippen MR) is 87.3 cm³/mol. The van der Waals surface area contributed by atoms with Crippen molar-refractivity contribution < 1.29 is 25.2 Å². The van der Waals surface area contributed by atoms with Gasteiger partial charge in [-0.2, -0.15) is 5.10 Å². The summed E-state index contributed by atoms with van der Waals surface area (Å²) >= 11 is 8.95. The molecule has 2 aromatic carbocycles. The molecule has 5 N–H and O–H groups in total. The Labute approximate surface area is 143 Å². The lowest BCUT2D eigenvalue weighted by atomic mass is 10.1. The Morgan fingerprint density at radius 3 is 2.43 bits per heavy atom. The van der Waals surface area contributed by atoms with Crippen LogP contribution in [0.4, 0.5) is 0 Å². The van der Waals surface area contributed by atoms with Crippen molar-refractivity contribution in [1.82, 2.24) is 5.43 Å². The van der Waals surface area contributed by atoms with Crippen molar-refractivity contribution in [2.75, 3.05) is 0 Å². The first kappa shape index (κ1) is 16.9. The highest BCUT2D eigenvalue weighted by Gasteiger charge is 2.14. The fourth-order valence-electron chi connectivity index (χ4n) is 1.65. The van der Waals surface area contributed by atoms with E-state index in [0.29, 0.717) is 9.50 Å². The van der Waals surface area contributed by atoms with Crippen molar-refractivity contribution in [3.05, 3.63) is 44.9 Å². The second kappa shape index (κ2) is 6.76. The van der Waals surface area contributed by atoms with Crippen LogP contribution in [0.15, 0.2) is 33.8 Å². The van der Waals surface area contributed by atoms with E-state index in [1.54, 1.807) is 0 Å². The van der Waals surface area contributed by atoms with Crippen LogP contribution in [0.25, 0.3) is 0 Å².